The highest BCUT2D eigenvalue weighted by atomic mass is 19.3. The van der Waals surface area contributed by atoms with Crippen molar-refractivity contribution in [2.75, 3.05) is 0 Å². The fraction of sp³-hybridized carbons (Fsp3) is 0.684. The summed E-state index contributed by atoms with van der Waals surface area (Å²) >= 11 is 0. The second kappa shape index (κ2) is 16.2. The standard InChI is InChI=1S/C38H47F9O2/c1-2-3-4-5-23-6-8-26(9-7-23)28-16-19-31(32(39)20-28)27-12-10-24(11-13-27)25-14-17-29(18-15-25)37(44,45)48-30-21-33(40)35(34(41)22-30)49-38(46,47)36(42)43/h16,19-27,29,36H,2-15,17-18H2,1H3. The Balaban J connectivity index is 1.08. The third-order valence-electron chi connectivity index (χ3n) is 11.4. The SMILES string of the molecule is CCCCCC1CCC(c2ccc(C3CCC(C4CCC(C(F)(F)Oc5cc(F)c(OC(F)(F)C(F)F)c(F)c5)CC4)CC3)c(F)c2)CC1. The lowest BCUT2D eigenvalue weighted by Gasteiger charge is -2.39. The van der Waals surface area contributed by atoms with Crippen LogP contribution in [0.5, 0.6) is 11.5 Å². The average Bonchev–Trinajstić information content (AvgIpc) is 3.07. The van der Waals surface area contributed by atoms with Crippen LogP contribution in [0.3, 0.4) is 0 Å². The Morgan fingerprint density at radius 3 is 1.80 bits per heavy atom. The van der Waals surface area contributed by atoms with Crippen molar-refractivity contribution in [3.63, 3.8) is 0 Å². The topological polar surface area (TPSA) is 18.5 Å². The molecular formula is C38H47F9O2. The van der Waals surface area contributed by atoms with Gasteiger partial charge in [0.05, 0.1) is 5.92 Å². The maximum absolute atomic E-state index is 15.4. The summed E-state index contributed by atoms with van der Waals surface area (Å²) in [6, 6.07) is 6.26. The molecule has 3 fully saturated rings. The summed E-state index contributed by atoms with van der Waals surface area (Å²) in [5.41, 5.74) is 1.88. The van der Waals surface area contributed by atoms with Gasteiger partial charge in [-0.05, 0) is 124 Å². The molecule has 2 nitrogen and oxygen atoms in total. The van der Waals surface area contributed by atoms with Crippen LogP contribution >= 0.6 is 0 Å². The van der Waals surface area contributed by atoms with E-state index < -0.39 is 47.7 Å². The van der Waals surface area contributed by atoms with Gasteiger partial charge in [0.1, 0.15) is 11.6 Å². The Bertz CT molecular complexity index is 1340. The normalized spacial score (nSPS) is 26.9. The highest BCUT2D eigenvalue weighted by Crippen LogP contribution is 2.48. The minimum atomic E-state index is -5.18. The Kier molecular flexibility index (Phi) is 12.4. The van der Waals surface area contributed by atoms with Crippen molar-refractivity contribution in [3.05, 3.63) is 58.9 Å². The van der Waals surface area contributed by atoms with Crippen LogP contribution in [0.1, 0.15) is 133 Å². The molecule has 274 valence electrons. The molecule has 0 radical (unpaired) electrons. The summed E-state index contributed by atoms with van der Waals surface area (Å²) in [7, 11) is 0. The Hall–Kier alpha value is -2.59. The first kappa shape index (κ1) is 37.7. The molecular weight excluding hydrogens is 659 g/mol. The summed E-state index contributed by atoms with van der Waals surface area (Å²) in [5, 5.41) is 0. The fourth-order valence-corrected chi connectivity index (χ4v) is 8.54. The van der Waals surface area contributed by atoms with E-state index >= 15 is 13.2 Å². The molecule has 0 N–H and O–H groups in total. The fourth-order valence-electron chi connectivity index (χ4n) is 8.54. The smallest absolute Gasteiger partial charge is 0.432 e. The minimum absolute atomic E-state index is 0.112. The van der Waals surface area contributed by atoms with Gasteiger partial charge in [0, 0.05) is 12.1 Å². The van der Waals surface area contributed by atoms with Gasteiger partial charge in [0.15, 0.2) is 17.4 Å². The first-order chi connectivity index (χ1) is 23.3. The Morgan fingerprint density at radius 2 is 1.24 bits per heavy atom. The van der Waals surface area contributed by atoms with Crippen LogP contribution in [0.15, 0.2) is 30.3 Å². The summed E-state index contributed by atoms with van der Waals surface area (Å²) < 4.78 is 133. The zero-order valence-corrected chi connectivity index (χ0v) is 28.0. The van der Waals surface area contributed by atoms with Crippen LogP contribution < -0.4 is 9.47 Å². The van der Waals surface area contributed by atoms with E-state index in [-0.39, 0.29) is 42.6 Å². The number of ether oxygens (including phenoxy) is 2. The number of unbranched alkanes of at least 4 members (excludes halogenated alkanes) is 2. The highest BCUT2D eigenvalue weighted by molar-refractivity contribution is 5.35. The van der Waals surface area contributed by atoms with Gasteiger partial charge in [-0.3, -0.25) is 0 Å². The van der Waals surface area contributed by atoms with Gasteiger partial charge in [-0.1, -0.05) is 44.7 Å². The van der Waals surface area contributed by atoms with E-state index in [1.165, 1.54) is 38.5 Å². The number of alkyl halides is 6. The van der Waals surface area contributed by atoms with Crippen LogP contribution in [0, 0.1) is 41.1 Å². The van der Waals surface area contributed by atoms with Gasteiger partial charge in [0.25, 0.3) is 0 Å². The van der Waals surface area contributed by atoms with Crippen molar-refractivity contribution in [1.82, 2.24) is 0 Å². The Morgan fingerprint density at radius 1 is 0.673 bits per heavy atom. The molecule has 0 saturated heterocycles. The van der Waals surface area contributed by atoms with E-state index in [9.17, 15) is 26.3 Å². The van der Waals surface area contributed by atoms with Gasteiger partial charge in [-0.15, -0.1) is 0 Å². The molecule has 0 bridgehead atoms. The molecule has 0 unspecified atom stereocenters. The van der Waals surface area contributed by atoms with Gasteiger partial charge >= 0.3 is 18.6 Å². The van der Waals surface area contributed by atoms with E-state index in [4.69, 9.17) is 0 Å². The first-order valence-corrected chi connectivity index (χ1v) is 18.0. The van der Waals surface area contributed by atoms with Crippen molar-refractivity contribution in [1.29, 1.82) is 0 Å². The zero-order chi connectivity index (χ0) is 35.3. The second-order valence-electron chi connectivity index (χ2n) is 14.6. The second-order valence-corrected chi connectivity index (χ2v) is 14.6. The predicted molar refractivity (Wildman–Crippen MR) is 169 cm³/mol. The lowest BCUT2D eigenvalue weighted by molar-refractivity contribution is -0.255. The van der Waals surface area contributed by atoms with Gasteiger partial charge in [-0.2, -0.15) is 26.3 Å². The lowest BCUT2D eigenvalue weighted by atomic mass is 9.68. The minimum Gasteiger partial charge on any atom is -0.432 e. The number of benzene rings is 2. The quantitative estimate of drug-likeness (QED) is 0.152. The van der Waals surface area contributed by atoms with Crippen LogP contribution in [0.25, 0.3) is 0 Å². The van der Waals surface area contributed by atoms with Crippen LogP contribution in [-0.2, 0) is 0 Å². The molecule has 0 spiro atoms. The molecule has 2 aromatic rings. The highest BCUT2D eigenvalue weighted by Gasteiger charge is 2.47. The molecule has 3 saturated carbocycles. The summed E-state index contributed by atoms with van der Waals surface area (Å²) in [4.78, 5) is 0. The molecule has 0 aliphatic heterocycles. The molecule has 0 amide bonds. The van der Waals surface area contributed by atoms with Crippen LogP contribution in [0.4, 0.5) is 39.5 Å². The molecule has 0 aromatic heterocycles. The first-order valence-electron chi connectivity index (χ1n) is 18.0. The molecule has 49 heavy (non-hydrogen) atoms. The number of rotatable bonds is 13. The Labute approximate surface area is 283 Å². The molecule has 0 heterocycles. The molecule has 3 aliphatic rings. The van der Waals surface area contributed by atoms with E-state index in [0.29, 0.717) is 24.7 Å². The van der Waals surface area contributed by atoms with Crippen LogP contribution in [-0.4, -0.2) is 18.6 Å². The average molecular weight is 707 g/mol. The third-order valence-corrected chi connectivity index (χ3v) is 11.4. The van der Waals surface area contributed by atoms with Crippen molar-refractivity contribution in [2.24, 2.45) is 23.7 Å². The van der Waals surface area contributed by atoms with Gasteiger partial charge < -0.3 is 9.47 Å². The predicted octanol–water partition coefficient (Wildman–Crippen LogP) is 12.9. The third kappa shape index (κ3) is 9.40. The molecule has 2 aromatic carbocycles. The maximum Gasteiger partial charge on any atom is 0.461 e. The largest absolute Gasteiger partial charge is 0.461 e. The zero-order valence-electron chi connectivity index (χ0n) is 28.0. The molecule has 5 rings (SSSR count). The van der Waals surface area contributed by atoms with Crippen molar-refractivity contribution >= 4 is 0 Å². The van der Waals surface area contributed by atoms with E-state index in [0.717, 1.165) is 55.6 Å². The number of hydrogen-bond acceptors (Lipinski definition) is 2. The van der Waals surface area contributed by atoms with E-state index in [2.05, 4.69) is 22.5 Å². The number of halogens is 9. The monoisotopic (exact) mass is 706 g/mol. The van der Waals surface area contributed by atoms with Crippen molar-refractivity contribution in [3.8, 4) is 11.5 Å². The molecule has 11 heteroatoms. The molecule has 3 aliphatic carbocycles. The van der Waals surface area contributed by atoms with Crippen LogP contribution in [0.2, 0.25) is 0 Å². The van der Waals surface area contributed by atoms with Crippen molar-refractivity contribution in [2.45, 2.75) is 140 Å². The summed E-state index contributed by atoms with van der Waals surface area (Å²) in [6.07, 6.45) is 1.16. The summed E-state index contributed by atoms with van der Waals surface area (Å²) in [6.45, 7) is 2.23. The maximum atomic E-state index is 15.4. The molecule has 0 atom stereocenters. The lowest BCUT2D eigenvalue weighted by Crippen LogP contribution is -2.38. The number of hydrogen-bond donors (Lipinski definition) is 0. The van der Waals surface area contributed by atoms with Gasteiger partial charge in [-0.25, -0.2) is 13.2 Å². The summed E-state index contributed by atoms with van der Waals surface area (Å²) in [5.74, 6) is -6.00. The van der Waals surface area contributed by atoms with E-state index in [1.54, 1.807) is 6.07 Å². The van der Waals surface area contributed by atoms with Gasteiger partial charge in [0.2, 0.25) is 0 Å². The van der Waals surface area contributed by atoms with E-state index in [1.807, 2.05) is 6.07 Å². The van der Waals surface area contributed by atoms with Crippen molar-refractivity contribution < 1.29 is 49.0 Å².